The molecule has 1 aromatic carbocycles. The van der Waals surface area contributed by atoms with E-state index >= 15 is 0 Å². The molecule has 0 fully saturated rings. The van der Waals surface area contributed by atoms with E-state index < -0.39 is 6.04 Å². The number of hydrogen-bond acceptors (Lipinski definition) is 7. The molecule has 0 amide bonds. The average molecular weight is 401 g/mol. The molecule has 8 heteroatoms. The SMILES string of the molecule is COc1cccc([C@@H]2C3=C(CC(C)(C)CC3=O)Nc3nc(SC)nn32)c1OC. The summed E-state index contributed by atoms with van der Waals surface area (Å²) in [6, 6.07) is 5.30. The number of hydrogen-bond donors (Lipinski definition) is 1. The van der Waals surface area contributed by atoms with Crippen LogP contribution in [0.2, 0.25) is 0 Å². The van der Waals surface area contributed by atoms with Crippen molar-refractivity contribution >= 4 is 23.5 Å². The van der Waals surface area contributed by atoms with Crippen molar-refractivity contribution in [2.24, 2.45) is 5.41 Å². The summed E-state index contributed by atoms with van der Waals surface area (Å²) in [7, 11) is 3.22. The van der Waals surface area contributed by atoms with Crippen molar-refractivity contribution in [1.29, 1.82) is 0 Å². The molecule has 28 heavy (non-hydrogen) atoms. The molecule has 0 radical (unpaired) electrons. The molecule has 4 rings (SSSR count). The number of aromatic nitrogens is 3. The molecule has 1 aliphatic carbocycles. The molecular weight excluding hydrogens is 376 g/mol. The van der Waals surface area contributed by atoms with Crippen molar-refractivity contribution in [3.63, 3.8) is 0 Å². The summed E-state index contributed by atoms with van der Waals surface area (Å²) >= 11 is 1.47. The fraction of sp³-hybridized carbons (Fsp3) is 0.450. The highest BCUT2D eigenvalue weighted by Gasteiger charge is 2.43. The minimum Gasteiger partial charge on any atom is -0.493 e. The van der Waals surface area contributed by atoms with Crippen LogP contribution >= 0.6 is 11.8 Å². The molecule has 1 atom stereocenters. The van der Waals surface area contributed by atoms with Gasteiger partial charge in [0.1, 0.15) is 6.04 Å². The second-order valence-corrected chi connectivity index (χ2v) is 8.58. The van der Waals surface area contributed by atoms with Gasteiger partial charge in [0.05, 0.1) is 14.2 Å². The van der Waals surface area contributed by atoms with Crippen LogP contribution in [0.15, 0.2) is 34.6 Å². The normalized spacial score (nSPS) is 20.3. The summed E-state index contributed by atoms with van der Waals surface area (Å²) < 4.78 is 13.0. The lowest BCUT2D eigenvalue weighted by Gasteiger charge is -2.38. The van der Waals surface area contributed by atoms with Crippen LogP contribution in [-0.4, -0.2) is 41.0 Å². The Hall–Kier alpha value is -2.48. The molecule has 0 spiro atoms. The molecule has 0 bridgehead atoms. The second kappa shape index (κ2) is 6.84. The highest BCUT2D eigenvalue weighted by atomic mass is 32.2. The van der Waals surface area contributed by atoms with Crippen molar-refractivity contribution in [2.45, 2.75) is 37.9 Å². The van der Waals surface area contributed by atoms with Gasteiger partial charge in [-0.25, -0.2) is 4.68 Å². The number of fused-ring (bicyclic) bond motifs is 1. The molecule has 1 N–H and O–H groups in total. The number of carbonyl (C=O) groups is 1. The molecule has 0 saturated heterocycles. The Morgan fingerprint density at radius 1 is 1.25 bits per heavy atom. The minimum atomic E-state index is -0.409. The van der Waals surface area contributed by atoms with E-state index in [-0.39, 0.29) is 11.2 Å². The smallest absolute Gasteiger partial charge is 0.227 e. The third-order valence-electron chi connectivity index (χ3n) is 5.22. The first-order valence-corrected chi connectivity index (χ1v) is 10.4. The third-order valence-corrected chi connectivity index (χ3v) is 5.76. The van der Waals surface area contributed by atoms with Crippen molar-refractivity contribution in [1.82, 2.24) is 14.8 Å². The van der Waals surface area contributed by atoms with Gasteiger partial charge in [0.2, 0.25) is 11.1 Å². The summed E-state index contributed by atoms with van der Waals surface area (Å²) in [5, 5.41) is 8.66. The Morgan fingerprint density at radius 3 is 2.71 bits per heavy atom. The van der Waals surface area contributed by atoms with E-state index in [1.54, 1.807) is 18.9 Å². The number of ether oxygens (including phenoxy) is 2. The zero-order valence-electron chi connectivity index (χ0n) is 16.7. The maximum Gasteiger partial charge on any atom is 0.227 e. The molecule has 0 unspecified atom stereocenters. The maximum absolute atomic E-state index is 13.2. The summed E-state index contributed by atoms with van der Waals surface area (Å²) in [5.74, 6) is 1.99. The predicted molar refractivity (Wildman–Crippen MR) is 108 cm³/mol. The first kappa shape index (κ1) is 18.9. The molecule has 2 heterocycles. The number of methoxy groups -OCH3 is 2. The zero-order chi connectivity index (χ0) is 20.1. The second-order valence-electron chi connectivity index (χ2n) is 7.81. The van der Waals surface area contributed by atoms with Gasteiger partial charge >= 0.3 is 0 Å². The molecule has 2 aliphatic rings. The highest BCUT2D eigenvalue weighted by molar-refractivity contribution is 7.98. The average Bonchev–Trinajstić information content (AvgIpc) is 3.07. The number of Topliss-reactive ketones (excluding diaryl/α,β-unsaturated/α-hetero) is 1. The van der Waals surface area contributed by atoms with E-state index in [2.05, 4.69) is 29.2 Å². The number of benzene rings is 1. The minimum absolute atomic E-state index is 0.101. The topological polar surface area (TPSA) is 78.3 Å². The van der Waals surface area contributed by atoms with E-state index in [0.29, 0.717) is 29.0 Å². The van der Waals surface area contributed by atoms with Gasteiger partial charge in [-0.2, -0.15) is 4.98 Å². The van der Waals surface area contributed by atoms with Crippen LogP contribution in [0.1, 0.15) is 38.3 Å². The molecule has 2 aromatic rings. The number of nitrogens with zero attached hydrogens (tertiary/aromatic N) is 3. The van der Waals surface area contributed by atoms with Crippen molar-refractivity contribution in [3.8, 4) is 11.5 Å². The summed E-state index contributed by atoms with van der Waals surface area (Å²) in [6.07, 6.45) is 3.21. The van der Waals surface area contributed by atoms with Gasteiger partial charge in [-0.05, 0) is 24.2 Å². The van der Waals surface area contributed by atoms with Crippen LogP contribution in [0, 0.1) is 5.41 Å². The fourth-order valence-electron chi connectivity index (χ4n) is 4.09. The van der Waals surface area contributed by atoms with Crippen molar-refractivity contribution in [2.75, 3.05) is 25.8 Å². The van der Waals surface area contributed by atoms with Gasteiger partial charge in [0, 0.05) is 23.3 Å². The van der Waals surface area contributed by atoms with E-state index in [0.717, 1.165) is 23.3 Å². The number of anilines is 1. The lowest BCUT2D eigenvalue weighted by molar-refractivity contribution is -0.118. The third kappa shape index (κ3) is 2.96. The van der Waals surface area contributed by atoms with Crippen molar-refractivity contribution < 1.29 is 14.3 Å². The molecule has 1 aliphatic heterocycles. The van der Waals surface area contributed by atoms with Crippen LogP contribution < -0.4 is 14.8 Å². The summed E-state index contributed by atoms with van der Waals surface area (Å²) in [5.41, 5.74) is 2.39. The van der Waals surface area contributed by atoms with Crippen LogP contribution in [0.5, 0.6) is 11.5 Å². The number of thioether (sulfide) groups is 1. The Kier molecular flexibility index (Phi) is 4.61. The van der Waals surface area contributed by atoms with E-state index in [4.69, 9.17) is 9.47 Å². The Balaban J connectivity index is 1.97. The van der Waals surface area contributed by atoms with Crippen LogP contribution in [-0.2, 0) is 4.79 Å². The van der Waals surface area contributed by atoms with E-state index in [1.165, 1.54) is 11.8 Å². The summed E-state index contributed by atoms with van der Waals surface area (Å²) in [6.45, 7) is 4.23. The number of rotatable bonds is 4. The first-order chi connectivity index (χ1) is 13.4. The van der Waals surface area contributed by atoms with Crippen LogP contribution in [0.25, 0.3) is 0 Å². The molecular formula is C20H24N4O3S. The molecule has 148 valence electrons. The van der Waals surface area contributed by atoms with Gasteiger partial charge in [-0.3, -0.25) is 4.79 Å². The Labute approximate surface area is 168 Å². The maximum atomic E-state index is 13.2. The number of ketones is 1. The van der Waals surface area contributed by atoms with Crippen LogP contribution in [0.4, 0.5) is 5.95 Å². The standard InChI is InChI=1S/C20H24N4O3S/c1-20(2)9-12-15(13(25)10-20)16(24-18(21-12)22-19(23-24)28-5)11-7-6-8-14(26-3)17(11)27-4/h6-8,16H,9-10H2,1-5H3,(H,21,22,23)/t16-/m1/s1. The molecule has 0 saturated carbocycles. The number of allylic oxidation sites excluding steroid dienone is 2. The summed E-state index contributed by atoms with van der Waals surface area (Å²) in [4.78, 5) is 17.8. The van der Waals surface area contributed by atoms with E-state index in [9.17, 15) is 4.79 Å². The largest absolute Gasteiger partial charge is 0.493 e. The van der Waals surface area contributed by atoms with Gasteiger partial charge < -0.3 is 14.8 Å². The Bertz CT molecular complexity index is 980. The number of para-hydroxylation sites is 1. The van der Waals surface area contributed by atoms with Gasteiger partial charge in [0.25, 0.3) is 0 Å². The number of nitrogens with one attached hydrogen (secondary N) is 1. The molecule has 7 nitrogen and oxygen atoms in total. The van der Waals surface area contributed by atoms with Crippen molar-refractivity contribution in [3.05, 3.63) is 35.0 Å². The monoisotopic (exact) mass is 400 g/mol. The lowest BCUT2D eigenvalue weighted by atomic mass is 9.73. The van der Waals surface area contributed by atoms with E-state index in [1.807, 2.05) is 24.5 Å². The highest BCUT2D eigenvalue weighted by Crippen LogP contribution is 2.48. The quantitative estimate of drug-likeness (QED) is 0.785. The van der Waals surface area contributed by atoms with Crippen LogP contribution in [0.3, 0.4) is 0 Å². The lowest BCUT2D eigenvalue weighted by Crippen LogP contribution is -2.36. The van der Waals surface area contributed by atoms with Gasteiger partial charge in [-0.1, -0.05) is 37.7 Å². The first-order valence-electron chi connectivity index (χ1n) is 9.13. The fourth-order valence-corrected chi connectivity index (χ4v) is 4.44. The van der Waals surface area contributed by atoms with Gasteiger partial charge in [0.15, 0.2) is 17.3 Å². The number of carbonyl (C=O) groups excluding carboxylic acids is 1. The zero-order valence-corrected chi connectivity index (χ0v) is 17.5. The predicted octanol–water partition coefficient (Wildman–Crippen LogP) is 3.68. The van der Waals surface area contributed by atoms with Gasteiger partial charge in [-0.15, -0.1) is 5.10 Å². The Morgan fingerprint density at radius 2 is 2.04 bits per heavy atom. The molecule has 1 aromatic heterocycles.